The molecule has 80 valence electrons. The van der Waals surface area contributed by atoms with Gasteiger partial charge in [-0.1, -0.05) is 19.1 Å². The van der Waals surface area contributed by atoms with Gasteiger partial charge in [0.2, 0.25) is 0 Å². The smallest absolute Gasteiger partial charge is 0.110 e. The molecular weight excluding hydrogens is 184 g/mol. The molecule has 0 unspecified atom stereocenters. The van der Waals surface area contributed by atoms with Crippen molar-refractivity contribution in [2.75, 3.05) is 0 Å². The number of nitrogens with zero attached hydrogens (tertiary/aromatic N) is 2. The molecule has 2 nitrogen and oxygen atoms in total. The Balaban J connectivity index is 2.63. The molecule has 2 heteroatoms. The molecule has 0 amide bonds. The van der Waals surface area contributed by atoms with Crippen LogP contribution in [0.4, 0.5) is 0 Å². The Morgan fingerprint density at radius 3 is 2.67 bits per heavy atom. The first kappa shape index (κ1) is 10.2. The Morgan fingerprint density at radius 2 is 2.00 bits per heavy atom. The van der Waals surface area contributed by atoms with Gasteiger partial charge in [0.25, 0.3) is 0 Å². The van der Waals surface area contributed by atoms with Gasteiger partial charge in [0.15, 0.2) is 0 Å². The minimum atomic E-state index is 0.485. The van der Waals surface area contributed by atoms with E-state index < -0.39 is 0 Å². The molecule has 0 atom stereocenters. The summed E-state index contributed by atoms with van der Waals surface area (Å²) >= 11 is 0. The monoisotopic (exact) mass is 202 g/mol. The number of benzene rings is 1. The highest BCUT2D eigenvalue weighted by Gasteiger charge is 2.11. The molecule has 0 saturated carbocycles. The number of imidazole rings is 1. The SMILES string of the molecule is CCCc1nc2ccccc2n1C(C)C. The molecule has 0 spiro atoms. The molecule has 0 aliphatic carbocycles. The quantitative estimate of drug-likeness (QED) is 0.744. The van der Waals surface area contributed by atoms with Gasteiger partial charge in [0.1, 0.15) is 5.82 Å². The Labute approximate surface area is 90.9 Å². The molecule has 0 fully saturated rings. The van der Waals surface area contributed by atoms with E-state index in [9.17, 15) is 0 Å². The molecule has 0 bridgehead atoms. The van der Waals surface area contributed by atoms with E-state index in [1.54, 1.807) is 0 Å². The number of aromatic nitrogens is 2. The van der Waals surface area contributed by atoms with E-state index >= 15 is 0 Å². The number of fused-ring (bicyclic) bond motifs is 1. The third-order valence-corrected chi connectivity index (χ3v) is 2.66. The lowest BCUT2D eigenvalue weighted by Crippen LogP contribution is -2.05. The third-order valence-electron chi connectivity index (χ3n) is 2.66. The first-order valence-electron chi connectivity index (χ1n) is 5.70. The molecule has 2 aromatic rings. The van der Waals surface area contributed by atoms with Gasteiger partial charge in [-0.15, -0.1) is 0 Å². The lowest BCUT2D eigenvalue weighted by molar-refractivity contribution is 0.580. The molecule has 0 radical (unpaired) electrons. The Morgan fingerprint density at radius 1 is 1.27 bits per heavy atom. The summed E-state index contributed by atoms with van der Waals surface area (Å²) in [6, 6.07) is 8.86. The minimum Gasteiger partial charge on any atom is -0.325 e. The average molecular weight is 202 g/mol. The number of rotatable bonds is 3. The molecule has 1 heterocycles. The fourth-order valence-electron chi connectivity index (χ4n) is 2.07. The number of para-hydroxylation sites is 2. The van der Waals surface area contributed by atoms with Crippen LogP contribution in [0.5, 0.6) is 0 Å². The van der Waals surface area contributed by atoms with Gasteiger partial charge in [-0.3, -0.25) is 0 Å². The highest BCUT2D eigenvalue weighted by atomic mass is 15.1. The average Bonchev–Trinajstić information content (AvgIpc) is 2.56. The molecule has 2 rings (SSSR count). The van der Waals surface area contributed by atoms with E-state index in [1.807, 2.05) is 0 Å². The van der Waals surface area contributed by atoms with E-state index in [1.165, 1.54) is 11.3 Å². The number of aryl methyl sites for hydroxylation is 1. The lowest BCUT2D eigenvalue weighted by atomic mass is 10.2. The molecule has 15 heavy (non-hydrogen) atoms. The summed E-state index contributed by atoms with van der Waals surface area (Å²) in [5.74, 6) is 1.22. The fourth-order valence-corrected chi connectivity index (χ4v) is 2.07. The van der Waals surface area contributed by atoms with E-state index in [0.717, 1.165) is 18.4 Å². The predicted octanol–water partition coefficient (Wildman–Crippen LogP) is 3.57. The van der Waals surface area contributed by atoms with Crippen LogP contribution >= 0.6 is 0 Å². The number of hydrogen-bond acceptors (Lipinski definition) is 1. The maximum absolute atomic E-state index is 4.69. The highest BCUT2D eigenvalue weighted by molar-refractivity contribution is 5.76. The van der Waals surface area contributed by atoms with Gasteiger partial charge in [0.05, 0.1) is 11.0 Å². The Hall–Kier alpha value is -1.31. The Bertz CT molecular complexity index is 455. The highest BCUT2D eigenvalue weighted by Crippen LogP contribution is 2.21. The first-order chi connectivity index (χ1) is 7.24. The van der Waals surface area contributed by atoms with E-state index in [-0.39, 0.29) is 0 Å². The van der Waals surface area contributed by atoms with Crippen LogP contribution < -0.4 is 0 Å². The first-order valence-corrected chi connectivity index (χ1v) is 5.70. The fraction of sp³-hybridized carbons (Fsp3) is 0.462. The van der Waals surface area contributed by atoms with Gasteiger partial charge < -0.3 is 4.57 Å². The van der Waals surface area contributed by atoms with Crippen molar-refractivity contribution in [1.29, 1.82) is 0 Å². The molecule has 0 aliphatic rings. The largest absolute Gasteiger partial charge is 0.325 e. The summed E-state index contributed by atoms with van der Waals surface area (Å²) in [6.45, 7) is 6.63. The van der Waals surface area contributed by atoms with Crippen molar-refractivity contribution in [3.05, 3.63) is 30.1 Å². The van der Waals surface area contributed by atoms with Crippen molar-refractivity contribution >= 4 is 11.0 Å². The molecular formula is C13H18N2. The summed E-state index contributed by atoms with van der Waals surface area (Å²) in [7, 11) is 0. The summed E-state index contributed by atoms with van der Waals surface area (Å²) in [6.07, 6.45) is 2.21. The van der Waals surface area contributed by atoms with Crippen molar-refractivity contribution in [3.8, 4) is 0 Å². The van der Waals surface area contributed by atoms with Crippen LogP contribution in [-0.4, -0.2) is 9.55 Å². The van der Waals surface area contributed by atoms with Gasteiger partial charge in [0, 0.05) is 12.5 Å². The molecule has 0 aliphatic heterocycles. The van der Waals surface area contributed by atoms with Crippen LogP contribution in [0, 0.1) is 0 Å². The summed E-state index contributed by atoms with van der Waals surface area (Å²) < 4.78 is 2.35. The lowest BCUT2D eigenvalue weighted by Gasteiger charge is -2.12. The Kier molecular flexibility index (Phi) is 2.76. The summed E-state index contributed by atoms with van der Waals surface area (Å²) in [4.78, 5) is 4.69. The van der Waals surface area contributed by atoms with E-state index in [4.69, 9.17) is 0 Å². The standard InChI is InChI=1S/C13H18N2/c1-4-7-13-14-11-8-5-6-9-12(11)15(13)10(2)3/h5-6,8-10H,4,7H2,1-3H3. The zero-order valence-electron chi connectivity index (χ0n) is 9.70. The van der Waals surface area contributed by atoms with Crippen LogP contribution in [-0.2, 0) is 6.42 Å². The van der Waals surface area contributed by atoms with E-state index in [2.05, 4.69) is 54.6 Å². The maximum atomic E-state index is 4.69. The zero-order chi connectivity index (χ0) is 10.8. The minimum absolute atomic E-state index is 0.485. The van der Waals surface area contributed by atoms with Crippen molar-refractivity contribution in [1.82, 2.24) is 9.55 Å². The van der Waals surface area contributed by atoms with Gasteiger partial charge in [-0.25, -0.2) is 4.98 Å². The van der Waals surface area contributed by atoms with E-state index in [0.29, 0.717) is 6.04 Å². The summed E-state index contributed by atoms with van der Waals surface area (Å²) in [5.41, 5.74) is 2.38. The molecule has 1 aromatic carbocycles. The normalized spacial score (nSPS) is 11.5. The molecule has 0 N–H and O–H groups in total. The second-order valence-electron chi connectivity index (χ2n) is 4.23. The third kappa shape index (κ3) is 1.76. The topological polar surface area (TPSA) is 17.8 Å². The van der Waals surface area contributed by atoms with Gasteiger partial charge in [-0.05, 0) is 32.4 Å². The van der Waals surface area contributed by atoms with Crippen LogP contribution in [0.3, 0.4) is 0 Å². The van der Waals surface area contributed by atoms with Gasteiger partial charge >= 0.3 is 0 Å². The van der Waals surface area contributed by atoms with Crippen molar-refractivity contribution in [2.24, 2.45) is 0 Å². The van der Waals surface area contributed by atoms with Crippen LogP contribution in [0.15, 0.2) is 24.3 Å². The molecule has 1 aromatic heterocycles. The maximum Gasteiger partial charge on any atom is 0.110 e. The summed E-state index contributed by atoms with van der Waals surface area (Å²) in [5, 5.41) is 0. The number of hydrogen-bond donors (Lipinski definition) is 0. The zero-order valence-corrected chi connectivity index (χ0v) is 9.70. The predicted molar refractivity (Wildman–Crippen MR) is 64.1 cm³/mol. The van der Waals surface area contributed by atoms with Crippen molar-refractivity contribution in [2.45, 2.75) is 39.7 Å². The van der Waals surface area contributed by atoms with Crippen molar-refractivity contribution < 1.29 is 0 Å². The van der Waals surface area contributed by atoms with Crippen LogP contribution in [0.1, 0.15) is 39.1 Å². The molecule has 0 saturated heterocycles. The second-order valence-corrected chi connectivity index (χ2v) is 4.23. The van der Waals surface area contributed by atoms with Crippen molar-refractivity contribution in [3.63, 3.8) is 0 Å². The van der Waals surface area contributed by atoms with Crippen LogP contribution in [0.25, 0.3) is 11.0 Å². The van der Waals surface area contributed by atoms with Gasteiger partial charge in [-0.2, -0.15) is 0 Å². The van der Waals surface area contributed by atoms with Crippen LogP contribution in [0.2, 0.25) is 0 Å². The second kappa shape index (κ2) is 4.05.